The Morgan fingerprint density at radius 1 is 1.05 bits per heavy atom. The highest BCUT2D eigenvalue weighted by Crippen LogP contribution is 2.38. The number of nitrogens with two attached hydrogens (primary N) is 1. The highest BCUT2D eigenvalue weighted by Gasteiger charge is 2.19. The van der Waals surface area contributed by atoms with Crippen molar-refractivity contribution in [3.63, 3.8) is 0 Å². The average Bonchev–Trinajstić information content (AvgIpc) is 2.54. The first kappa shape index (κ1) is 15.9. The van der Waals surface area contributed by atoms with Crippen molar-refractivity contribution in [1.29, 1.82) is 0 Å². The van der Waals surface area contributed by atoms with Gasteiger partial charge in [0.1, 0.15) is 0 Å². The van der Waals surface area contributed by atoms with Gasteiger partial charge in [-0.25, -0.2) is 0 Å². The summed E-state index contributed by atoms with van der Waals surface area (Å²) in [6.45, 7) is 3.89. The number of nitrogens with zero attached hydrogens (tertiary/aromatic N) is 1. The highest BCUT2D eigenvalue weighted by molar-refractivity contribution is 5.53. The standard InChI is InChI=1S/C16H26N2O3/c1-19-14-8-13(9-15(20-2)16(14)21-3)11-18-6-4-12(10-17)5-7-18/h8-9,12H,4-7,10-11,17H2,1-3H3. The van der Waals surface area contributed by atoms with E-state index in [0.717, 1.165) is 26.2 Å². The fourth-order valence-electron chi connectivity index (χ4n) is 2.87. The Kier molecular flexibility index (Phi) is 5.70. The fraction of sp³-hybridized carbons (Fsp3) is 0.625. The summed E-state index contributed by atoms with van der Waals surface area (Å²) >= 11 is 0. The van der Waals surface area contributed by atoms with Crippen molar-refractivity contribution in [2.75, 3.05) is 41.0 Å². The smallest absolute Gasteiger partial charge is 0.203 e. The van der Waals surface area contributed by atoms with Crippen molar-refractivity contribution < 1.29 is 14.2 Å². The van der Waals surface area contributed by atoms with Gasteiger partial charge in [-0.15, -0.1) is 0 Å². The molecule has 21 heavy (non-hydrogen) atoms. The molecule has 1 aromatic carbocycles. The minimum absolute atomic E-state index is 0.644. The largest absolute Gasteiger partial charge is 0.493 e. The summed E-state index contributed by atoms with van der Waals surface area (Å²) in [4.78, 5) is 2.45. The maximum absolute atomic E-state index is 5.74. The monoisotopic (exact) mass is 294 g/mol. The van der Waals surface area contributed by atoms with Crippen LogP contribution in [0.15, 0.2) is 12.1 Å². The molecule has 2 rings (SSSR count). The van der Waals surface area contributed by atoms with Gasteiger partial charge >= 0.3 is 0 Å². The lowest BCUT2D eigenvalue weighted by Gasteiger charge is -2.31. The van der Waals surface area contributed by atoms with E-state index in [4.69, 9.17) is 19.9 Å². The fourth-order valence-corrected chi connectivity index (χ4v) is 2.87. The summed E-state index contributed by atoms with van der Waals surface area (Å²) in [6.07, 6.45) is 2.36. The molecule has 0 atom stereocenters. The normalized spacial score (nSPS) is 16.8. The minimum atomic E-state index is 0.644. The SMILES string of the molecule is COc1cc(CN2CCC(CN)CC2)cc(OC)c1OC. The molecule has 1 aliphatic heterocycles. The minimum Gasteiger partial charge on any atom is -0.493 e. The first-order valence-electron chi connectivity index (χ1n) is 7.43. The molecule has 5 nitrogen and oxygen atoms in total. The molecule has 1 aromatic rings. The molecule has 0 radical (unpaired) electrons. The van der Waals surface area contributed by atoms with Crippen LogP contribution in [0.1, 0.15) is 18.4 Å². The maximum atomic E-state index is 5.74. The van der Waals surface area contributed by atoms with Crippen LogP contribution < -0.4 is 19.9 Å². The van der Waals surface area contributed by atoms with Crippen LogP contribution in [0.3, 0.4) is 0 Å². The van der Waals surface area contributed by atoms with Gasteiger partial charge in [-0.1, -0.05) is 0 Å². The van der Waals surface area contributed by atoms with E-state index in [1.807, 2.05) is 12.1 Å². The van der Waals surface area contributed by atoms with Crippen molar-refractivity contribution in [2.45, 2.75) is 19.4 Å². The highest BCUT2D eigenvalue weighted by atomic mass is 16.5. The predicted molar refractivity (Wildman–Crippen MR) is 83.2 cm³/mol. The first-order chi connectivity index (χ1) is 10.2. The zero-order valence-electron chi connectivity index (χ0n) is 13.2. The van der Waals surface area contributed by atoms with E-state index in [9.17, 15) is 0 Å². The van der Waals surface area contributed by atoms with Crippen molar-refractivity contribution >= 4 is 0 Å². The molecule has 1 heterocycles. The Morgan fingerprint density at radius 3 is 2.05 bits per heavy atom. The van der Waals surface area contributed by atoms with Crippen LogP contribution in [0.2, 0.25) is 0 Å². The summed E-state index contributed by atoms with van der Waals surface area (Å²) in [5.41, 5.74) is 6.92. The number of ether oxygens (including phenoxy) is 3. The van der Waals surface area contributed by atoms with Gasteiger partial charge in [0.25, 0.3) is 0 Å². The summed E-state index contributed by atoms with van der Waals surface area (Å²) in [5, 5.41) is 0. The molecule has 118 valence electrons. The molecule has 0 unspecified atom stereocenters. The van der Waals surface area contributed by atoms with Gasteiger partial charge in [0, 0.05) is 6.54 Å². The third-order valence-corrected chi connectivity index (χ3v) is 4.17. The molecule has 0 amide bonds. The second kappa shape index (κ2) is 7.52. The summed E-state index contributed by atoms with van der Waals surface area (Å²) in [7, 11) is 4.92. The van der Waals surface area contributed by atoms with Gasteiger partial charge in [0.2, 0.25) is 5.75 Å². The first-order valence-corrected chi connectivity index (χ1v) is 7.43. The van der Waals surface area contributed by atoms with Gasteiger partial charge in [-0.2, -0.15) is 0 Å². The third-order valence-electron chi connectivity index (χ3n) is 4.17. The molecular formula is C16H26N2O3. The molecule has 2 N–H and O–H groups in total. The predicted octanol–water partition coefficient (Wildman–Crippen LogP) is 1.88. The summed E-state index contributed by atoms with van der Waals surface area (Å²) < 4.78 is 16.2. The van der Waals surface area contributed by atoms with Crippen molar-refractivity contribution in [1.82, 2.24) is 4.90 Å². The Bertz CT molecular complexity index is 432. The molecule has 1 aliphatic rings. The van der Waals surface area contributed by atoms with Crippen LogP contribution in [-0.4, -0.2) is 45.9 Å². The van der Waals surface area contributed by atoms with Gasteiger partial charge < -0.3 is 19.9 Å². The lowest BCUT2D eigenvalue weighted by molar-refractivity contribution is 0.180. The molecule has 0 bridgehead atoms. The molecule has 5 heteroatoms. The van der Waals surface area contributed by atoms with Crippen LogP contribution in [0.4, 0.5) is 0 Å². The second-order valence-electron chi connectivity index (χ2n) is 5.49. The van der Waals surface area contributed by atoms with E-state index in [0.29, 0.717) is 23.2 Å². The summed E-state index contributed by atoms with van der Waals surface area (Å²) in [5.74, 6) is 2.75. The van der Waals surface area contributed by atoms with Crippen molar-refractivity contribution in [2.24, 2.45) is 11.7 Å². The molecule has 0 aliphatic carbocycles. The number of rotatable bonds is 6. The average molecular weight is 294 g/mol. The molecular weight excluding hydrogens is 268 g/mol. The van der Waals surface area contributed by atoms with Gasteiger partial charge in [0.05, 0.1) is 21.3 Å². The van der Waals surface area contributed by atoms with Crippen LogP contribution in [0, 0.1) is 5.92 Å². The Morgan fingerprint density at radius 2 is 1.62 bits per heavy atom. The van der Waals surface area contributed by atoms with Crippen LogP contribution in [-0.2, 0) is 6.54 Å². The lowest BCUT2D eigenvalue weighted by Crippen LogP contribution is -2.35. The summed E-state index contributed by atoms with van der Waals surface area (Å²) in [6, 6.07) is 4.05. The van der Waals surface area contributed by atoms with Gasteiger partial charge in [-0.05, 0) is 56.1 Å². The Balaban J connectivity index is 2.10. The number of piperidine rings is 1. The topological polar surface area (TPSA) is 57.0 Å². The number of benzene rings is 1. The molecule has 1 fully saturated rings. The van der Waals surface area contributed by atoms with E-state index >= 15 is 0 Å². The molecule has 1 saturated heterocycles. The lowest BCUT2D eigenvalue weighted by atomic mass is 9.97. The van der Waals surface area contributed by atoms with E-state index < -0.39 is 0 Å². The second-order valence-corrected chi connectivity index (χ2v) is 5.49. The third kappa shape index (κ3) is 3.80. The van der Waals surface area contributed by atoms with Gasteiger partial charge in [-0.3, -0.25) is 4.90 Å². The number of likely N-dealkylation sites (tertiary alicyclic amines) is 1. The number of hydrogen-bond acceptors (Lipinski definition) is 5. The zero-order chi connectivity index (χ0) is 15.2. The molecule has 0 aromatic heterocycles. The van der Waals surface area contributed by atoms with Crippen LogP contribution >= 0.6 is 0 Å². The zero-order valence-corrected chi connectivity index (χ0v) is 13.2. The van der Waals surface area contributed by atoms with Crippen LogP contribution in [0.5, 0.6) is 17.2 Å². The molecule has 0 saturated carbocycles. The Labute approximate surface area is 127 Å². The van der Waals surface area contributed by atoms with Crippen molar-refractivity contribution in [3.8, 4) is 17.2 Å². The quantitative estimate of drug-likeness (QED) is 0.868. The van der Waals surface area contributed by atoms with Crippen molar-refractivity contribution in [3.05, 3.63) is 17.7 Å². The van der Waals surface area contributed by atoms with E-state index in [2.05, 4.69) is 4.90 Å². The van der Waals surface area contributed by atoms with E-state index in [1.165, 1.54) is 18.4 Å². The van der Waals surface area contributed by atoms with E-state index in [-0.39, 0.29) is 0 Å². The van der Waals surface area contributed by atoms with Crippen LogP contribution in [0.25, 0.3) is 0 Å². The number of methoxy groups -OCH3 is 3. The maximum Gasteiger partial charge on any atom is 0.203 e. The molecule has 0 spiro atoms. The Hall–Kier alpha value is -1.46. The van der Waals surface area contributed by atoms with Gasteiger partial charge in [0.15, 0.2) is 11.5 Å². The number of hydrogen-bond donors (Lipinski definition) is 1. The van der Waals surface area contributed by atoms with E-state index in [1.54, 1.807) is 21.3 Å².